The summed E-state index contributed by atoms with van der Waals surface area (Å²) in [5, 5.41) is 0.617. The van der Waals surface area contributed by atoms with Crippen molar-refractivity contribution in [1.82, 2.24) is 0 Å². The number of ether oxygens (including phenoxy) is 1. The quantitative estimate of drug-likeness (QED) is 0.728. The maximum Gasteiger partial charge on any atom is 0.118 e. The minimum absolute atomic E-state index is 0.617. The Hall–Kier alpha value is -0.630. The molecule has 13 heavy (non-hydrogen) atoms. The van der Waals surface area contributed by atoms with Gasteiger partial charge in [-0.05, 0) is 30.4 Å². The number of thioether (sulfide) groups is 1. The van der Waals surface area contributed by atoms with Gasteiger partial charge in [0.05, 0.1) is 7.11 Å². The Balaban J connectivity index is 2.78. The summed E-state index contributed by atoms with van der Waals surface area (Å²) >= 11 is 1.90. The Bertz CT molecular complexity index is 239. The second-order valence-electron chi connectivity index (χ2n) is 2.91. The number of hydrogen-bond acceptors (Lipinski definition) is 2. The highest BCUT2D eigenvalue weighted by molar-refractivity contribution is 7.98. The molecule has 0 saturated carbocycles. The fraction of sp³-hybridized carbons (Fsp3) is 0.455. The van der Waals surface area contributed by atoms with Gasteiger partial charge >= 0.3 is 0 Å². The summed E-state index contributed by atoms with van der Waals surface area (Å²) in [4.78, 5) is 0. The second kappa shape index (κ2) is 5.18. The van der Waals surface area contributed by atoms with E-state index in [0.717, 1.165) is 5.75 Å². The van der Waals surface area contributed by atoms with Crippen LogP contribution in [0.1, 0.15) is 24.2 Å². The zero-order chi connectivity index (χ0) is 9.68. The van der Waals surface area contributed by atoms with Crippen LogP contribution in [0.4, 0.5) is 0 Å². The molecule has 1 atom stereocenters. The monoisotopic (exact) mass is 196 g/mol. The molecule has 0 N–H and O–H groups in total. The van der Waals surface area contributed by atoms with Crippen LogP contribution in [0.25, 0.3) is 0 Å². The van der Waals surface area contributed by atoms with Crippen molar-refractivity contribution in [2.45, 2.75) is 18.6 Å². The lowest BCUT2D eigenvalue weighted by atomic mass is 10.1. The Morgan fingerprint density at radius 3 is 2.31 bits per heavy atom. The fourth-order valence-corrected chi connectivity index (χ4v) is 2.12. The number of rotatable bonds is 4. The Labute approximate surface area is 84.5 Å². The van der Waals surface area contributed by atoms with Crippen LogP contribution in [0, 0.1) is 0 Å². The molecular weight excluding hydrogens is 180 g/mol. The summed E-state index contributed by atoms with van der Waals surface area (Å²) in [6.07, 6.45) is 3.33. The van der Waals surface area contributed by atoms with Crippen molar-refractivity contribution < 1.29 is 4.74 Å². The van der Waals surface area contributed by atoms with E-state index in [0.29, 0.717) is 5.25 Å². The molecule has 0 bridgehead atoms. The summed E-state index contributed by atoms with van der Waals surface area (Å²) in [6, 6.07) is 8.33. The molecule has 1 rings (SSSR count). The van der Waals surface area contributed by atoms with Crippen LogP contribution in [0.5, 0.6) is 5.75 Å². The van der Waals surface area contributed by atoms with Crippen LogP contribution < -0.4 is 4.74 Å². The topological polar surface area (TPSA) is 9.23 Å². The van der Waals surface area contributed by atoms with Crippen LogP contribution in [0.15, 0.2) is 24.3 Å². The van der Waals surface area contributed by atoms with Crippen molar-refractivity contribution in [3.05, 3.63) is 29.8 Å². The van der Waals surface area contributed by atoms with Crippen LogP contribution in [-0.2, 0) is 0 Å². The zero-order valence-electron chi connectivity index (χ0n) is 8.41. The SMILES string of the molecule is CCC(SC)c1ccc(OC)cc1. The second-order valence-corrected chi connectivity index (χ2v) is 3.95. The molecule has 0 saturated heterocycles. The highest BCUT2D eigenvalue weighted by Crippen LogP contribution is 2.30. The first-order valence-electron chi connectivity index (χ1n) is 4.48. The average molecular weight is 196 g/mol. The fourth-order valence-electron chi connectivity index (χ4n) is 1.36. The van der Waals surface area contributed by atoms with Crippen LogP contribution in [0.3, 0.4) is 0 Å². The molecule has 0 aliphatic heterocycles. The van der Waals surface area contributed by atoms with Gasteiger partial charge in [0.1, 0.15) is 5.75 Å². The molecule has 1 nitrogen and oxygen atoms in total. The molecule has 0 amide bonds. The lowest BCUT2D eigenvalue weighted by Gasteiger charge is -2.12. The van der Waals surface area contributed by atoms with Crippen molar-refractivity contribution in [1.29, 1.82) is 0 Å². The van der Waals surface area contributed by atoms with Crippen molar-refractivity contribution >= 4 is 11.8 Å². The summed E-state index contributed by atoms with van der Waals surface area (Å²) in [7, 11) is 1.70. The molecule has 0 fully saturated rings. The van der Waals surface area contributed by atoms with E-state index in [1.807, 2.05) is 23.9 Å². The molecule has 1 aromatic carbocycles. The third kappa shape index (κ3) is 2.66. The lowest BCUT2D eigenvalue weighted by Crippen LogP contribution is -1.91. The number of hydrogen-bond donors (Lipinski definition) is 0. The van der Waals surface area contributed by atoms with Crippen molar-refractivity contribution in [2.75, 3.05) is 13.4 Å². The number of benzene rings is 1. The minimum Gasteiger partial charge on any atom is -0.497 e. The van der Waals surface area contributed by atoms with E-state index in [1.165, 1.54) is 12.0 Å². The molecule has 1 unspecified atom stereocenters. The zero-order valence-corrected chi connectivity index (χ0v) is 9.23. The van der Waals surface area contributed by atoms with Crippen molar-refractivity contribution in [3.63, 3.8) is 0 Å². The molecule has 0 aliphatic rings. The molecule has 1 aromatic rings. The van der Waals surface area contributed by atoms with Gasteiger partial charge in [0.25, 0.3) is 0 Å². The van der Waals surface area contributed by atoms with Crippen LogP contribution in [-0.4, -0.2) is 13.4 Å². The van der Waals surface area contributed by atoms with E-state index in [2.05, 4.69) is 25.3 Å². The van der Waals surface area contributed by atoms with E-state index in [1.54, 1.807) is 7.11 Å². The minimum atomic E-state index is 0.617. The molecule has 2 heteroatoms. The molecule has 0 heterocycles. The standard InChI is InChI=1S/C11H16OS/c1-4-11(13-3)9-5-7-10(12-2)8-6-9/h5-8,11H,4H2,1-3H3. The third-order valence-electron chi connectivity index (χ3n) is 2.14. The van der Waals surface area contributed by atoms with E-state index in [9.17, 15) is 0 Å². The summed E-state index contributed by atoms with van der Waals surface area (Å²) in [5.41, 5.74) is 1.39. The highest BCUT2D eigenvalue weighted by atomic mass is 32.2. The van der Waals surface area contributed by atoms with Gasteiger partial charge in [-0.25, -0.2) is 0 Å². The maximum absolute atomic E-state index is 5.11. The Morgan fingerprint density at radius 2 is 1.92 bits per heavy atom. The van der Waals surface area contributed by atoms with E-state index < -0.39 is 0 Å². The largest absolute Gasteiger partial charge is 0.497 e. The average Bonchev–Trinajstić information content (AvgIpc) is 2.21. The first kappa shape index (κ1) is 10.5. The normalized spacial score (nSPS) is 12.5. The molecule has 0 spiro atoms. The van der Waals surface area contributed by atoms with Gasteiger partial charge in [0.2, 0.25) is 0 Å². The summed E-state index contributed by atoms with van der Waals surface area (Å²) < 4.78 is 5.11. The van der Waals surface area contributed by atoms with Gasteiger partial charge in [-0.3, -0.25) is 0 Å². The van der Waals surface area contributed by atoms with Gasteiger partial charge < -0.3 is 4.74 Å². The van der Waals surface area contributed by atoms with Gasteiger partial charge in [-0.2, -0.15) is 11.8 Å². The van der Waals surface area contributed by atoms with Crippen LogP contribution in [0.2, 0.25) is 0 Å². The summed E-state index contributed by atoms with van der Waals surface area (Å²) in [5.74, 6) is 0.930. The first-order chi connectivity index (χ1) is 6.31. The van der Waals surface area contributed by atoms with E-state index in [4.69, 9.17) is 4.74 Å². The Kier molecular flexibility index (Phi) is 4.16. The maximum atomic E-state index is 5.11. The predicted octanol–water partition coefficient (Wildman–Crippen LogP) is 3.51. The molecule has 72 valence electrons. The first-order valence-corrected chi connectivity index (χ1v) is 5.77. The van der Waals surface area contributed by atoms with Gasteiger partial charge in [0.15, 0.2) is 0 Å². The van der Waals surface area contributed by atoms with Gasteiger partial charge in [-0.15, -0.1) is 0 Å². The van der Waals surface area contributed by atoms with E-state index in [-0.39, 0.29) is 0 Å². The lowest BCUT2D eigenvalue weighted by molar-refractivity contribution is 0.414. The van der Waals surface area contributed by atoms with Crippen molar-refractivity contribution in [3.8, 4) is 5.75 Å². The Morgan fingerprint density at radius 1 is 1.31 bits per heavy atom. The molecule has 0 aromatic heterocycles. The van der Waals surface area contributed by atoms with Gasteiger partial charge in [0, 0.05) is 5.25 Å². The summed E-state index contributed by atoms with van der Waals surface area (Å²) in [6.45, 7) is 2.21. The van der Waals surface area contributed by atoms with Crippen LogP contribution >= 0.6 is 11.8 Å². The third-order valence-corrected chi connectivity index (χ3v) is 3.32. The number of methoxy groups -OCH3 is 1. The smallest absolute Gasteiger partial charge is 0.118 e. The predicted molar refractivity (Wildman–Crippen MR) is 59.5 cm³/mol. The van der Waals surface area contributed by atoms with Crippen molar-refractivity contribution in [2.24, 2.45) is 0 Å². The van der Waals surface area contributed by atoms with E-state index >= 15 is 0 Å². The molecule has 0 aliphatic carbocycles. The molecule has 0 radical (unpaired) electrons. The highest BCUT2D eigenvalue weighted by Gasteiger charge is 2.06. The molecular formula is C11H16OS. The van der Waals surface area contributed by atoms with Gasteiger partial charge in [-0.1, -0.05) is 19.1 Å².